The lowest BCUT2D eigenvalue weighted by Crippen LogP contribution is -2.05. The molecule has 18 heavy (non-hydrogen) atoms. The zero-order chi connectivity index (χ0) is 12.4. The van der Waals surface area contributed by atoms with Gasteiger partial charge in [-0.25, -0.2) is 4.98 Å². The number of carbonyl (C=O) groups excluding carboxylic acids is 1. The molecule has 88 valence electrons. The molecule has 0 N–H and O–H groups in total. The molecule has 0 aliphatic carbocycles. The zero-order valence-electron chi connectivity index (χ0n) is 9.54. The summed E-state index contributed by atoms with van der Waals surface area (Å²) in [6.07, 6.45) is 0.300. The largest absolute Gasteiger partial charge is 0.292 e. The quantitative estimate of drug-likeness (QED) is 0.674. The number of para-hydroxylation sites is 1. The van der Waals surface area contributed by atoms with E-state index in [0.717, 1.165) is 16.6 Å². The molecule has 0 fully saturated rings. The lowest BCUT2D eigenvalue weighted by atomic mass is 10.1. The van der Waals surface area contributed by atoms with Gasteiger partial charge in [-0.2, -0.15) is 0 Å². The highest BCUT2D eigenvalue weighted by Crippen LogP contribution is 2.13. The van der Waals surface area contributed by atoms with Crippen molar-refractivity contribution in [3.05, 3.63) is 58.7 Å². The van der Waals surface area contributed by atoms with Crippen molar-refractivity contribution >= 4 is 28.0 Å². The van der Waals surface area contributed by atoms with Crippen LogP contribution >= 0.6 is 11.3 Å². The van der Waals surface area contributed by atoms with Crippen LogP contribution < -0.4 is 0 Å². The number of hydrogen-bond donors (Lipinski definition) is 0. The van der Waals surface area contributed by atoms with Gasteiger partial charge in [-0.05, 0) is 12.1 Å². The van der Waals surface area contributed by atoms with Gasteiger partial charge in [0.1, 0.15) is 5.69 Å². The fraction of sp³-hybridized carbons (Fsp3) is 0.0714. The molecule has 0 spiro atoms. The molecule has 3 rings (SSSR count). The number of fused-ring (bicyclic) bond motifs is 1. The topological polar surface area (TPSA) is 42.9 Å². The number of benzene rings is 1. The highest BCUT2D eigenvalue weighted by molar-refractivity contribution is 7.07. The maximum absolute atomic E-state index is 11.9. The average molecular weight is 254 g/mol. The van der Waals surface area contributed by atoms with E-state index in [1.165, 1.54) is 11.3 Å². The summed E-state index contributed by atoms with van der Waals surface area (Å²) < 4.78 is 0. The number of pyridine rings is 1. The maximum atomic E-state index is 11.9. The Morgan fingerprint density at radius 2 is 2.06 bits per heavy atom. The van der Waals surface area contributed by atoms with Crippen molar-refractivity contribution in [3.63, 3.8) is 0 Å². The molecular formula is C14H10N2OS. The third kappa shape index (κ3) is 2.15. The van der Waals surface area contributed by atoms with Gasteiger partial charge in [0.2, 0.25) is 0 Å². The minimum absolute atomic E-state index is 0.0130. The van der Waals surface area contributed by atoms with E-state index in [2.05, 4.69) is 9.97 Å². The molecule has 0 saturated carbocycles. The lowest BCUT2D eigenvalue weighted by molar-refractivity contribution is 0.0988. The van der Waals surface area contributed by atoms with E-state index in [4.69, 9.17) is 0 Å². The van der Waals surface area contributed by atoms with Gasteiger partial charge in [-0.3, -0.25) is 9.78 Å². The van der Waals surface area contributed by atoms with Crippen LogP contribution in [0.2, 0.25) is 0 Å². The van der Waals surface area contributed by atoms with Gasteiger partial charge in [0.15, 0.2) is 5.78 Å². The molecule has 0 bridgehead atoms. The molecular weight excluding hydrogens is 244 g/mol. The van der Waals surface area contributed by atoms with Crippen molar-refractivity contribution in [2.75, 3.05) is 0 Å². The minimum atomic E-state index is 0.0130. The third-order valence-corrected chi connectivity index (χ3v) is 3.30. The number of Topliss-reactive ketones (excluding diaryl/α,β-unsaturated/α-hetero) is 1. The molecule has 0 saturated heterocycles. The second-order valence-electron chi connectivity index (χ2n) is 3.97. The van der Waals surface area contributed by atoms with Crippen LogP contribution in [0.25, 0.3) is 10.9 Å². The first kappa shape index (κ1) is 11.0. The summed E-state index contributed by atoms with van der Waals surface area (Å²) in [4.78, 5) is 20.4. The van der Waals surface area contributed by atoms with Gasteiger partial charge in [-0.1, -0.05) is 24.3 Å². The van der Waals surface area contributed by atoms with Gasteiger partial charge in [0.05, 0.1) is 17.4 Å². The standard InChI is InChI=1S/C14H10N2OS/c17-14(13-8-18-9-15-13)7-11-6-5-10-3-1-2-4-12(10)16-11/h1-6,8-9H,7H2. The molecule has 0 radical (unpaired) electrons. The van der Waals surface area contributed by atoms with E-state index < -0.39 is 0 Å². The Labute approximate surface area is 108 Å². The Morgan fingerprint density at radius 1 is 1.17 bits per heavy atom. The number of ketones is 1. The molecule has 3 aromatic rings. The van der Waals surface area contributed by atoms with Crippen LogP contribution in [-0.4, -0.2) is 15.8 Å². The molecule has 1 aromatic carbocycles. The van der Waals surface area contributed by atoms with Crippen LogP contribution in [-0.2, 0) is 6.42 Å². The van der Waals surface area contributed by atoms with E-state index in [1.54, 1.807) is 10.9 Å². The molecule has 2 aromatic heterocycles. The van der Waals surface area contributed by atoms with Crippen LogP contribution in [0.4, 0.5) is 0 Å². The molecule has 0 unspecified atom stereocenters. The van der Waals surface area contributed by atoms with E-state index >= 15 is 0 Å². The van der Waals surface area contributed by atoms with Crippen molar-refractivity contribution in [1.29, 1.82) is 0 Å². The van der Waals surface area contributed by atoms with E-state index in [-0.39, 0.29) is 5.78 Å². The average Bonchev–Trinajstić information content (AvgIpc) is 2.92. The first-order valence-electron chi connectivity index (χ1n) is 5.59. The summed E-state index contributed by atoms with van der Waals surface area (Å²) >= 11 is 1.43. The number of carbonyl (C=O) groups is 1. The number of nitrogens with zero attached hydrogens (tertiary/aromatic N) is 2. The van der Waals surface area contributed by atoms with Crippen molar-refractivity contribution in [1.82, 2.24) is 9.97 Å². The van der Waals surface area contributed by atoms with Crippen molar-refractivity contribution in [3.8, 4) is 0 Å². The van der Waals surface area contributed by atoms with Gasteiger partial charge >= 0.3 is 0 Å². The summed E-state index contributed by atoms with van der Waals surface area (Å²) in [5.41, 5.74) is 3.89. The Bertz CT molecular complexity index is 692. The second-order valence-corrected chi connectivity index (χ2v) is 4.69. The molecule has 0 aliphatic rings. The molecule has 3 nitrogen and oxygen atoms in total. The Morgan fingerprint density at radius 3 is 2.89 bits per heavy atom. The van der Waals surface area contributed by atoms with E-state index in [0.29, 0.717) is 12.1 Å². The number of thiazole rings is 1. The molecule has 0 amide bonds. The van der Waals surface area contributed by atoms with Crippen molar-refractivity contribution in [2.45, 2.75) is 6.42 Å². The minimum Gasteiger partial charge on any atom is -0.292 e. The highest BCUT2D eigenvalue weighted by Gasteiger charge is 2.10. The summed E-state index contributed by atoms with van der Waals surface area (Å²) in [7, 11) is 0. The number of aromatic nitrogens is 2. The summed E-state index contributed by atoms with van der Waals surface area (Å²) in [6, 6.07) is 11.8. The van der Waals surface area contributed by atoms with Crippen LogP contribution in [0.5, 0.6) is 0 Å². The van der Waals surface area contributed by atoms with Gasteiger partial charge < -0.3 is 0 Å². The summed E-state index contributed by atoms with van der Waals surface area (Å²) in [5, 5.41) is 2.85. The first-order chi connectivity index (χ1) is 8.83. The Balaban J connectivity index is 1.89. The van der Waals surface area contributed by atoms with Crippen molar-refractivity contribution in [2.24, 2.45) is 0 Å². The van der Waals surface area contributed by atoms with Gasteiger partial charge in [0.25, 0.3) is 0 Å². The predicted octanol–water partition coefficient (Wildman–Crippen LogP) is 3.12. The number of rotatable bonds is 3. The third-order valence-electron chi connectivity index (χ3n) is 2.72. The molecule has 0 aliphatic heterocycles. The van der Waals surface area contributed by atoms with E-state index in [9.17, 15) is 4.79 Å². The highest BCUT2D eigenvalue weighted by atomic mass is 32.1. The van der Waals surface area contributed by atoms with Crippen molar-refractivity contribution < 1.29 is 4.79 Å². The van der Waals surface area contributed by atoms with Crippen LogP contribution in [0.1, 0.15) is 16.2 Å². The van der Waals surface area contributed by atoms with Gasteiger partial charge in [0, 0.05) is 16.5 Å². The summed E-state index contributed by atoms with van der Waals surface area (Å²) in [5.74, 6) is 0.0130. The fourth-order valence-corrected chi connectivity index (χ4v) is 2.37. The maximum Gasteiger partial charge on any atom is 0.187 e. The van der Waals surface area contributed by atoms with Crippen LogP contribution in [0.3, 0.4) is 0 Å². The molecule has 4 heteroatoms. The monoisotopic (exact) mass is 254 g/mol. The Hall–Kier alpha value is -2.07. The zero-order valence-corrected chi connectivity index (χ0v) is 10.4. The number of hydrogen-bond acceptors (Lipinski definition) is 4. The fourth-order valence-electron chi connectivity index (χ4n) is 1.81. The predicted molar refractivity (Wildman–Crippen MR) is 71.9 cm³/mol. The SMILES string of the molecule is O=C(Cc1ccc2ccccc2n1)c1cscn1. The first-order valence-corrected chi connectivity index (χ1v) is 6.53. The van der Waals surface area contributed by atoms with Gasteiger partial charge in [-0.15, -0.1) is 11.3 Å². The van der Waals surface area contributed by atoms with Crippen LogP contribution in [0.15, 0.2) is 47.3 Å². The Kier molecular flexibility index (Phi) is 2.86. The second kappa shape index (κ2) is 4.66. The van der Waals surface area contributed by atoms with E-state index in [1.807, 2.05) is 36.4 Å². The molecule has 0 atom stereocenters. The molecule has 2 heterocycles. The summed E-state index contributed by atoms with van der Waals surface area (Å²) in [6.45, 7) is 0. The van der Waals surface area contributed by atoms with Crippen LogP contribution in [0, 0.1) is 0 Å². The normalized spacial score (nSPS) is 10.7. The smallest absolute Gasteiger partial charge is 0.187 e. The lowest BCUT2D eigenvalue weighted by Gasteiger charge is -2.01.